The fourth-order valence-corrected chi connectivity index (χ4v) is 3.05. The van der Waals surface area contributed by atoms with Crippen molar-refractivity contribution in [1.82, 2.24) is 4.90 Å². The van der Waals surface area contributed by atoms with Gasteiger partial charge in [-0.3, -0.25) is 4.79 Å². The molecule has 108 valence electrons. The normalized spacial score (nSPS) is 21.9. The summed E-state index contributed by atoms with van der Waals surface area (Å²) in [5, 5.41) is 2.82. The van der Waals surface area contributed by atoms with Gasteiger partial charge in [0, 0.05) is 17.8 Å². The number of fused-ring (bicyclic) bond motifs is 1. The SMILES string of the molecule is CN1CCCC1CCOc1cc2c(cc1N)CC(=O)N2. The average Bonchev–Trinajstić information content (AvgIpc) is 2.95. The van der Waals surface area contributed by atoms with Gasteiger partial charge in [0.25, 0.3) is 0 Å². The van der Waals surface area contributed by atoms with Crippen LogP contribution in [0.4, 0.5) is 11.4 Å². The summed E-state index contributed by atoms with van der Waals surface area (Å²) in [5.74, 6) is 0.690. The molecule has 5 heteroatoms. The number of nitrogen functional groups attached to an aromatic ring is 1. The average molecular weight is 275 g/mol. The number of nitrogens with two attached hydrogens (primary N) is 1. The molecule has 2 aliphatic heterocycles. The highest BCUT2D eigenvalue weighted by Gasteiger charge is 2.22. The Bertz CT molecular complexity index is 530. The van der Waals surface area contributed by atoms with Crippen molar-refractivity contribution < 1.29 is 9.53 Å². The summed E-state index contributed by atoms with van der Waals surface area (Å²) in [6.07, 6.45) is 3.94. The van der Waals surface area contributed by atoms with Crippen LogP contribution in [-0.4, -0.2) is 37.0 Å². The second-order valence-electron chi connectivity index (χ2n) is 5.69. The first-order chi connectivity index (χ1) is 9.63. The van der Waals surface area contributed by atoms with Crippen LogP contribution in [0.2, 0.25) is 0 Å². The Kier molecular flexibility index (Phi) is 3.53. The molecule has 2 aliphatic rings. The van der Waals surface area contributed by atoms with E-state index in [1.807, 2.05) is 12.1 Å². The van der Waals surface area contributed by atoms with Crippen molar-refractivity contribution in [1.29, 1.82) is 0 Å². The maximum atomic E-state index is 11.3. The first-order valence-electron chi connectivity index (χ1n) is 7.19. The largest absolute Gasteiger partial charge is 0.491 e. The first kappa shape index (κ1) is 13.2. The van der Waals surface area contributed by atoms with E-state index in [0.29, 0.717) is 30.5 Å². The standard InChI is InChI=1S/C15H21N3O2/c1-18-5-2-3-11(18)4-6-20-14-9-13-10(7-12(14)16)8-15(19)17-13/h7,9,11H,2-6,8,16H2,1H3,(H,17,19). The van der Waals surface area contributed by atoms with E-state index in [2.05, 4.69) is 17.3 Å². The van der Waals surface area contributed by atoms with Crippen LogP contribution in [-0.2, 0) is 11.2 Å². The molecule has 1 atom stereocenters. The number of likely N-dealkylation sites (tertiary alicyclic amines) is 1. The maximum Gasteiger partial charge on any atom is 0.228 e. The summed E-state index contributed by atoms with van der Waals surface area (Å²) < 4.78 is 5.80. The quantitative estimate of drug-likeness (QED) is 0.820. The van der Waals surface area contributed by atoms with E-state index in [1.54, 1.807) is 0 Å². The lowest BCUT2D eigenvalue weighted by Crippen LogP contribution is -2.26. The third-order valence-electron chi connectivity index (χ3n) is 4.24. The predicted octanol–water partition coefficient (Wildman–Crippen LogP) is 1.63. The van der Waals surface area contributed by atoms with Gasteiger partial charge < -0.3 is 20.7 Å². The summed E-state index contributed by atoms with van der Waals surface area (Å²) in [4.78, 5) is 13.7. The number of nitrogens with one attached hydrogen (secondary N) is 1. The zero-order valence-corrected chi connectivity index (χ0v) is 11.8. The van der Waals surface area contributed by atoms with Crippen molar-refractivity contribution in [2.75, 3.05) is 31.2 Å². The van der Waals surface area contributed by atoms with Crippen molar-refractivity contribution in [3.8, 4) is 5.75 Å². The van der Waals surface area contributed by atoms with Crippen molar-refractivity contribution in [3.05, 3.63) is 17.7 Å². The third kappa shape index (κ3) is 2.58. The molecule has 1 aromatic carbocycles. The molecule has 1 fully saturated rings. The molecule has 1 amide bonds. The van der Waals surface area contributed by atoms with E-state index < -0.39 is 0 Å². The van der Waals surface area contributed by atoms with Crippen LogP contribution in [0.1, 0.15) is 24.8 Å². The van der Waals surface area contributed by atoms with Crippen LogP contribution >= 0.6 is 0 Å². The van der Waals surface area contributed by atoms with E-state index in [0.717, 1.165) is 17.7 Å². The van der Waals surface area contributed by atoms with Crippen LogP contribution in [0.5, 0.6) is 5.75 Å². The molecule has 20 heavy (non-hydrogen) atoms. The molecule has 3 rings (SSSR count). The van der Waals surface area contributed by atoms with Crippen LogP contribution in [0.15, 0.2) is 12.1 Å². The molecule has 1 saturated heterocycles. The molecule has 5 nitrogen and oxygen atoms in total. The number of anilines is 2. The Morgan fingerprint density at radius 1 is 1.50 bits per heavy atom. The van der Waals surface area contributed by atoms with Gasteiger partial charge in [0.1, 0.15) is 5.75 Å². The molecule has 0 spiro atoms. The number of carbonyl (C=O) groups excluding carboxylic acids is 1. The second kappa shape index (κ2) is 5.32. The topological polar surface area (TPSA) is 67.6 Å². The fourth-order valence-electron chi connectivity index (χ4n) is 3.05. The summed E-state index contributed by atoms with van der Waals surface area (Å²) in [5.41, 5.74) is 8.38. The molecular formula is C15H21N3O2. The molecule has 1 unspecified atom stereocenters. The first-order valence-corrected chi connectivity index (χ1v) is 7.19. The van der Waals surface area contributed by atoms with Crippen molar-refractivity contribution in [2.45, 2.75) is 31.7 Å². The molecule has 0 bridgehead atoms. The van der Waals surface area contributed by atoms with Gasteiger partial charge in [-0.1, -0.05) is 0 Å². The van der Waals surface area contributed by atoms with Gasteiger partial charge in [-0.05, 0) is 44.5 Å². The number of hydrogen-bond acceptors (Lipinski definition) is 4. The number of nitrogens with zero attached hydrogens (tertiary/aromatic N) is 1. The van der Waals surface area contributed by atoms with Crippen LogP contribution in [0.25, 0.3) is 0 Å². The van der Waals surface area contributed by atoms with Gasteiger partial charge in [0.15, 0.2) is 0 Å². The van der Waals surface area contributed by atoms with E-state index >= 15 is 0 Å². The van der Waals surface area contributed by atoms with E-state index in [1.165, 1.54) is 19.4 Å². The Balaban J connectivity index is 1.60. The number of benzene rings is 1. The zero-order valence-electron chi connectivity index (χ0n) is 11.8. The number of carbonyl (C=O) groups is 1. The number of rotatable bonds is 4. The second-order valence-corrected chi connectivity index (χ2v) is 5.69. The van der Waals surface area contributed by atoms with E-state index in [-0.39, 0.29) is 5.91 Å². The smallest absolute Gasteiger partial charge is 0.228 e. The third-order valence-corrected chi connectivity index (χ3v) is 4.24. The van der Waals surface area contributed by atoms with Gasteiger partial charge in [-0.25, -0.2) is 0 Å². The van der Waals surface area contributed by atoms with E-state index in [4.69, 9.17) is 10.5 Å². The van der Waals surface area contributed by atoms with Gasteiger partial charge in [0.05, 0.1) is 18.7 Å². The Morgan fingerprint density at radius 2 is 2.35 bits per heavy atom. The monoisotopic (exact) mass is 275 g/mol. The summed E-state index contributed by atoms with van der Waals surface area (Å²) >= 11 is 0. The molecule has 0 aliphatic carbocycles. The summed E-state index contributed by atoms with van der Waals surface area (Å²) in [6, 6.07) is 4.29. The Morgan fingerprint density at radius 3 is 3.10 bits per heavy atom. The Hall–Kier alpha value is -1.75. The van der Waals surface area contributed by atoms with Gasteiger partial charge in [0.2, 0.25) is 5.91 Å². The molecule has 0 saturated carbocycles. The predicted molar refractivity (Wildman–Crippen MR) is 79.0 cm³/mol. The highest BCUT2D eigenvalue weighted by Crippen LogP contribution is 2.33. The molecule has 2 heterocycles. The van der Waals surface area contributed by atoms with Crippen molar-refractivity contribution >= 4 is 17.3 Å². The minimum atomic E-state index is 0.0177. The van der Waals surface area contributed by atoms with Crippen molar-refractivity contribution in [2.24, 2.45) is 0 Å². The number of ether oxygens (including phenoxy) is 1. The fraction of sp³-hybridized carbons (Fsp3) is 0.533. The molecule has 3 N–H and O–H groups in total. The minimum Gasteiger partial charge on any atom is -0.491 e. The maximum absolute atomic E-state index is 11.3. The van der Waals surface area contributed by atoms with Gasteiger partial charge in [-0.15, -0.1) is 0 Å². The van der Waals surface area contributed by atoms with Crippen LogP contribution < -0.4 is 15.8 Å². The lowest BCUT2D eigenvalue weighted by Gasteiger charge is -2.19. The number of amides is 1. The Labute approximate surface area is 119 Å². The molecule has 1 aromatic rings. The van der Waals surface area contributed by atoms with Gasteiger partial charge >= 0.3 is 0 Å². The molecule has 0 aromatic heterocycles. The minimum absolute atomic E-state index is 0.0177. The zero-order chi connectivity index (χ0) is 14.1. The van der Waals surface area contributed by atoms with Crippen LogP contribution in [0, 0.1) is 0 Å². The van der Waals surface area contributed by atoms with Gasteiger partial charge in [-0.2, -0.15) is 0 Å². The highest BCUT2D eigenvalue weighted by atomic mass is 16.5. The summed E-state index contributed by atoms with van der Waals surface area (Å²) in [7, 11) is 2.16. The number of hydrogen-bond donors (Lipinski definition) is 2. The van der Waals surface area contributed by atoms with Crippen molar-refractivity contribution in [3.63, 3.8) is 0 Å². The summed E-state index contributed by atoms with van der Waals surface area (Å²) in [6.45, 7) is 1.84. The van der Waals surface area contributed by atoms with Crippen LogP contribution in [0.3, 0.4) is 0 Å². The molecule has 0 radical (unpaired) electrons. The lowest BCUT2D eigenvalue weighted by molar-refractivity contribution is -0.115. The van der Waals surface area contributed by atoms with E-state index in [9.17, 15) is 4.79 Å². The lowest BCUT2D eigenvalue weighted by atomic mass is 10.1. The highest BCUT2D eigenvalue weighted by molar-refractivity contribution is 6.00. The molecular weight excluding hydrogens is 254 g/mol.